The minimum absolute atomic E-state index is 0.461. The molecule has 1 fully saturated rings. The van der Waals surface area contributed by atoms with Crippen molar-refractivity contribution in [3.05, 3.63) is 17.5 Å². The Labute approximate surface area is 91.9 Å². The average Bonchev–Trinajstić information content (AvgIpc) is 2.61. The molecule has 0 saturated carbocycles. The maximum absolute atomic E-state index is 4.47. The Hall–Kier alpha value is -0.830. The van der Waals surface area contributed by atoms with E-state index in [1.165, 1.54) is 30.5 Å². The van der Waals surface area contributed by atoms with Gasteiger partial charge in [0.1, 0.15) is 0 Å². The highest BCUT2D eigenvalue weighted by molar-refractivity contribution is 5.21. The summed E-state index contributed by atoms with van der Waals surface area (Å²) in [5, 5.41) is 8.04. The molecule has 0 bridgehead atoms. The first-order chi connectivity index (χ1) is 7.20. The van der Waals surface area contributed by atoms with E-state index in [-0.39, 0.29) is 0 Å². The SMILES string of the molecule is Cc1c(C2CCCCN2)cnn1C(C)C. The van der Waals surface area contributed by atoms with Crippen LogP contribution in [-0.2, 0) is 0 Å². The first-order valence-corrected chi connectivity index (χ1v) is 5.97. The normalized spacial score (nSPS) is 22.3. The minimum atomic E-state index is 0.461. The van der Waals surface area contributed by atoms with Gasteiger partial charge in [-0.15, -0.1) is 0 Å². The van der Waals surface area contributed by atoms with Gasteiger partial charge < -0.3 is 5.32 Å². The fraction of sp³-hybridized carbons (Fsp3) is 0.750. The smallest absolute Gasteiger partial charge is 0.0540 e. The van der Waals surface area contributed by atoms with Gasteiger partial charge in [-0.05, 0) is 40.2 Å². The van der Waals surface area contributed by atoms with Crippen molar-refractivity contribution in [2.45, 2.75) is 52.1 Å². The second kappa shape index (κ2) is 4.35. The predicted molar refractivity (Wildman–Crippen MR) is 61.9 cm³/mol. The van der Waals surface area contributed by atoms with Crippen LogP contribution >= 0.6 is 0 Å². The monoisotopic (exact) mass is 207 g/mol. The number of nitrogens with zero attached hydrogens (tertiary/aromatic N) is 2. The molecule has 84 valence electrons. The molecular weight excluding hydrogens is 186 g/mol. The van der Waals surface area contributed by atoms with E-state index < -0.39 is 0 Å². The van der Waals surface area contributed by atoms with Crippen LogP contribution in [0.25, 0.3) is 0 Å². The zero-order valence-corrected chi connectivity index (χ0v) is 9.95. The van der Waals surface area contributed by atoms with Gasteiger partial charge in [0.15, 0.2) is 0 Å². The Balaban J connectivity index is 2.20. The van der Waals surface area contributed by atoms with Crippen LogP contribution in [0.4, 0.5) is 0 Å². The van der Waals surface area contributed by atoms with Gasteiger partial charge in [-0.25, -0.2) is 0 Å². The third kappa shape index (κ3) is 2.07. The molecule has 1 aromatic rings. The summed E-state index contributed by atoms with van der Waals surface area (Å²) in [6, 6.07) is 0.994. The lowest BCUT2D eigenvalue weighted by molar-refractivity contribution is 0.409. The highest BCUT2D eigenvalue weighted by Crippen LogP contribution is 2.26. The van der Waals surface area contributed by atoms with Crippen LogP contribution in [0.2, 0.25) is 0 Å². The Morgan fingerprint density at radius 1 is 1.47 bits per heavy atom. The van der Waals surface area contributed by atoms with Crippen molar-refractivity contribution in [3.8, 4) is 0 Å². The molecule has 0 radical (unpaired) electrons. The predicted octanol–water partition coefficient (Wildman–Crippen LogP) is 2.59. The van der Waals surface area contributed by atoms with Crippen LogP contribution in [0.5, 0.6) is 0 Å². The van der Waals surface area contributed by atoms with Crippen LogP contribution < -0.4 is 5.32 Å². The molecular formula is C12H21N3. The first kappa shape index (κ1) is 10.7. The van der Waals surface area contributed by atoms with Crippen LogP contribution in [0.15, 0.2) is 6.20 Å². The Morgan fingerprint density at radius 3 is 2.80 bits per heavy atom. The second-order valence-electron chi connectivity index (χ2n) is 4.73. The van der Waals surface area contributed by atoms with Crippen molar-refractivity contribution in [1.29, 1.82) is 0 Å². The van der Waals surface area contributed by atoms with E-state index in [0.29, 0.717) is 12.1 Å². The summed E-state index contributed by atoms with van der Waals surface area (Å²) in [6.07, 6.45) is 5.95. The van der Waals surface area contributed by atoms with Crippen molar-refractivity contribution in [3.63, 3.8) is 0 Å². The molecule has 2 rings (SSSR count). The van der Waals surface area contributed by atoms with Crippen LogP contribution in [0.3, 0.4) is 0 Å². The summed E-state index contributed by atoms with van der Waals surface area (Å²) < 4.78 is 2.12. The summed E-state index contributed by atoms with van der Waals surface area (Å²) >= 11 is 0. The summed E-state index contributed by atoms with van der Waals surface area (Å²) in [5.74, 6) is 0. The molecule has 0 amide bonds. The Kier molecular flexibility index (Phi) is 3.10. The molecule has 0 spiro atoms. The van der Waals surface area contributed by atoms with E-state index in [2.05, 4.69) is 35.9 Å². The fourth-order valence-electron chi connectivity index (χ4n) is 2.42. The van der Waals surface area contributed by atoms with Gasteiger partial charge in [0, 0.05) is 23.3 Å². The molecule has 3 nitrogen and oxygen atoms in total. The zero-order chi connectivity index (χ0) is 10.8. The van der Waals surface area contributed by atoms with Gasteiger partial charge in [-0.2, -0.15) is 5.10 Å². The van der Waals surface area contributed by atoms with Crippen molar-refractivity contribution in [2.75, 3.05) is 6.54 Å². The van der Waals surface area contributed by atoms with Gasteiger partial charge >= 0.3 is 0 Å². The van der Waals surface area contributed by atoms with Gasteiger partial charge in [0.2, 0.25) is 0 Å². The molecule has 15 heavy (non-hydrogen) atoms. The number of aromatic nitrogens is 2. The molecule has 0 aromatic carbocycles. The topological polar surface area (TPSA) is 29.9 Å². The van der Waals surface area contributed by atoms with Crippen LogP contribution in [0, 0.1) is 6.92 Å². The average molecular weight is 207 g/mol. The van der Waals surface area contributed by atoms with Gasteiger partial charge in [-0.1, -0.05) is 6.42 Å². The molecule has 3 heteroatoms. The molecule has 1 atom stereocenters. The molecule has 1 aliphatic heterocycles. The fourth-order valence-corrected chi connectivity index (χ4v) is 2.42. The van der Waals surface area contributed by atoms with Crippen molar-refractivity contribution >= 4 is 0 Å². The van der Waals surface area contributed by atoms with Crippen LogP contribution in [0.1, 0.15) is 56.5 Å². The standard InChI is InChI=1S/C12H21N3/c1-9(2)15-10(3)11(8-14-15)12-6-4-5-7-13-12/h8-9,12-13H,4-7H2,1-3H3. The van der Waals surface area contributed by atoms with E-state index in [0.717, 1.165) is 6.54 Å². The number of nitrogens with one attached hydrogen (secondary N) is 1. The Morgan fingerprint density at radius 2 is 2.27 bits per heavy atom. The number of piperidine rings is 1. The molecule has 1 N–H and O–H groups in total. The maximum atomic E-state index is 4.47. The second-order valence-corrected chi connectivity index (χ2v) is 4.73. The molecule has 2 heterocycles. The molecule has 1 aromatic heterocycles. The molecule has 1 unspecified atom stereocenters. The van der Waals surface area contributed by atoms with Crippen molar-refractivity contribution in [1.82, 2.24) is 15.1 Å². The third-order valence-electron chi connectivity index (χ3n) is 3.26. The number of rotatable bonds is 2. The van der Waals surface area contributed by atoms with Gasteiger partial charge in [0.25, 0.3) is 0 Å². The maximum Gasteiger partial charge on any atom is 0.0540 e. The quantitative estimate of drug-likeness (QED) is 0.807. The van der Waals surface area contributed by atoms with Crippen molar-refractivity contribution in [2.24, 2.45) is 0 Å². The lowest BCUT2D eigenvalue weighted by atomic mass is 9.98. The summed E-state index contributed by atoms with van der Waals surface area (Å²) in [4.78, 5) is 0. The highest BCUT2D eigenvalue weighted by Gasteiger charge is 2.19. The highest BCUT2D eigenvalue weighted by atomic mass is 15.3. The summed E-state index contributed by atoms with van der Waals surface area (Å²) in [5.41, 5.74) is 2.72. The van der Waals surface area contributed by atoms with Gasteiger partial charge in [-0.3, -0.25) is 4.68 Å². The minimum Gasteiger partial charge on any atom is -0.310 e. The summed E-state index contributed by atoms with van der Waals surface area (Å²) in [7, 11) is 0. The van der Waals surface area contributed by atoms with E-state index in [9.17, 15) is 0 Å². The van der Waals surface area contributed by atoms with Crippen LogP contribution in [-0.4, -0.2) is 16.3 Å². The summed E-state index contributed by atoms with van der Waals surface area (Å²) in [6.45, 7) is 7.69. The number of hydrogen-bond acceptors (Lipinski definition) is 2. The molecule has 0 aliphatic carbocycles. The van der Waals surface area contributed by atoms with E-state index >= 15 is 0 Å². The zero-order valence-electron chi connectivity index (χ0n) is 9.95. The van der Waals surface area contributed by atoms with E-state index in [1.54, 1.807) is 0 Å². The van der Waals surface area contributed by atoms with E-state index in [4.69, 9.17) is 0 Å². The first-order valence-electron chi connectivity index (χ1n) is 5.97. The Bertz CT molecular complexity index is 322. The third-order valence-corrected chi connectivity index (χ3v) is 3.26. The molecule has 1 saturated heterocycles. The lowest BCUT2D eigenvalue weighted by Gasteiger charge is -2.23. The van der Waals surface area contributed by atoms with E-state index in [1.807, 2.05) is 6.20 Å². The van der Waals surface area contributed by atoms with Crippen molar-refractivity contribution < 1.29 is 0 Å². The lowest BCUT2D eigenvalue weighted by Crippen LogP contribution is -2.27. The van der Waals surface area contributed by atoms with Gasteiger partial charge in [0.05, 0.1) is 6.20 Å². The largest absolute Gasteiger partial charge is 0.310 e. The number of hydrogen-bond donors (Lipinski definition) is 1. The molecule has 1 aliphatic rings.